The summed E-state index contributed by atoms with van der Waals surface area (Å²) >= 11 is 5.88. The highest BCUT2D eigenvalue weighted by atomic mass is 35.5. The van der Waals surface area contributed by atoms with Gasteiger partial charge in [-0.15, -0.1) is 16.7 Å². The zero-order chi connectivity index (χ0) is 13.1. The molecule has 0 aliphatic carbocycles. The Kier molecular flexibility index (Phi) is 3.87. The van der Waals surface area contributed by atoms with Crippen molar-refractivity contribution in [2.24, 2.45) is 0 Å². The number of nitrogens with one attached hydrogen (secondary N) is 1. The molecule has 4 nitrogen and oxygen atoms in total. The van der Waals surface area contributed by atoms with Gasteiger partial charge in [-0.05, 0) is 24.5 Å². The topological polar surface area (TPSA) is 51.0 Å². The molecular formula is C13H16ClN3O. The van der Waals surface area contributed by atoms with E-state index in [0.717, 1.165) is 5.69 Å². The first-order valence-electron chi connectivity index (χ1n) is 5.91. The molecule has 0 fully saturated rings. The summed E-state index contributed by atoms with van der Waals surface area (Å²) in [5, 5.41) is 10.6. The van der Waals surface area contributed by atoms with E-state index in [2.05, 4.69) is 35.4 Å². The van der Waals surface area contributed by atoms with Gasteiger partial charge in [-0.25, -0.2) is 0 Å². The molecule has 18 heavy (non-hydrogen) atoms. The van der Waals surface area contributed by atoms with Gasteiger partial charge in [0.25, 0.3) is 0 Å². The van der Waals surface area contributed by atoms with E-state index < -0.39 is 0 Å². The number of alkyl halides is 1. The number of para-hydroxylation sites is 1. The van der Waals surface area contributed by atoms with Gasteiger partial charge < -0.3 is 9.73 Å². The Balaban J connectivity index is 2.23. The van der Waals surface area contributed by atoms with E-state index in [1.54, 1.807) is 6.92 Å². The molecule has 0 amide bonds. The Morgan fingerprint density at radius 2 is 1.89 bits per heavy atom. The van der Waals surface area contributed by atoms with Gasteiger partial charge in [0, 0.05) is 5.69 Å². The van der Waals surface area contributed by atoms with E-state index in [1.807, 2.05) is 18.2 Å². The van der Waals surface area contributed by atoms with Crippen molar-refractivity contribution in [3.63, 3.8) is 0 Å². The summed E-state index contributed by atoms with van der Waals surface area (Å²) in [6.07, 6.45) is 0. The van der Waals surface area contributed by atoms with Crippen LogP contribution in [0.2, 0.25) is 0 Å². The van der Waals surface area contributed by atoms with Crippen LogP contribution in [0.15, 0.2) is 28.7 Å². The van der Waals surface area contributed by atoms with Crippen LogP contribution in [0.3, 0.4) is 0 Å². The van der Waals surface area contributed by atoms with Gasteiger partial charge in [0.2, 0.25) is 5.89 Å². The zero-order valence-electron chi connectivity index (χ0n) is 10.6. The van der Waals surface area contributed by atoms with Crippen LogP contribution < -0.4 is 5.32 Å². The van der Waals surface area contributed by atoms with Crippen molar-refractivity contribution in [3.05, 3.63) is 35.7 Å². The molecule has 96 valence electrons. The minimum atomic E-state index is -0.284. The molecule has 5 heteroatoms. The fourth-order valence-corrected chi connectivity index (χ4v) is 1.76. The molecule has 2 aromatic rings. The van der Waals surface area contributed by atoms with E-state index in [1.165, 1.54) is 5.56 Å². The Morgan fingerprint density at radius 1 is 1.17 bits per heavy atom. The molecule has 0 saturated heterocycles. The van der Waals surface area contributed by atoms with Gasteiger partial charge >= 0.3 is 6.01 Å². The lowest BCUT2D eigenvalue weighted by atomic mass is 10.0. The van der Waals surface area contributed by atoms with Crippen molar-refractivity contribution in [2.75, 3.05) is 5.32 Å². The summed E-state index contributed by atoms with van der Waals surface area (Å²) in [5.41, 5.74) is 2.18. The van der Waals surface area contributed by atoms with E-state index in [-0.39, 0.29) is 5.38 Å². The number of halogens is 1. The summed E-state index contributed by atoms with van der Waals surface area (Å²) in [4.78, 5) is 0. The average molecular weight is 266 g/mol. The van der Waals surface area contributed by atoms with Crippen LogP contribution in [-0.2, 0) is 0 Å². The third-order valence-electron chi connectivity index (χ3n) is 2.61. The molecule has 1 unspecified atom stereocenters. The average Bonchev–Trinajstić information content (AvgIpc) is 2.78. The standard InChI is InChI=1S/C13H16ClN3O/c1-8(2)10-6-4-5-7-11(10)15-13-17-16-12(18-13)9(3)14/h4-9H,1-3H3,(H,15,17). The highest BCUT2D eigenvalue weighted by Crippen LogP contribution is 2.27. The number of hydrogen-bond donors (Lipinski definition) is 1. The molecule has 1 atom stereocenters. The van der Waals surface area contributed by atoms with Crippen molar-refractivity contribution in [1.82, 2.24) is 10.2 Å². The van der Waals surface area contributed by atoms with E-state index in [4.69, 9.17) is 16.0 Å². The predicted octanol–water partition coefficient (Wildman–Crippen LogP) is 4.24. The van der Waals surface area contributed by atoms with Crippen LogP contribution in [0.25, 0.3) is 0 Å². The summed E-state index contributed by atoms with van der Waals surface area (Å²) in [6.45, 7) is 6.07. The molecule has 1 heterocycles. The van der Waals surface area contributed by atoms with Crippen molar-refractivity contribution in [2.45, 2.75) is 32.1 Å². The molecule has 0 aliphatic rings. The van der Waals surface area contributed by atoms with Crippen molar-refractivity contribution < 1.29 is 4.42 Å². The Hall–Kier alpha value is -1.55. The molecule has 1 N–H and O–H groups in total. The van der Waals surface area contributed by atoms with Gasteiger partial charge in [-0.1, -0.05) is 37.1 Å². The third-order valence-corrected chi connectivity index (χ3v) is 2.79. The number of aromatic nitrogens is 2. The van der Waals surface area contributed by atoms with Gasteiger partial charge in [0.15, 0.2) is 0 Å². The predicted molar refractivity (Wildman–Crippen MR) is 72.4 cm³/mol. The molecular weight excluding hydrogens is 250 g/mol. The molecule has 1 aromatic carbocycles. The normalized spacial score (nSPS) is 12.7. The van der Waals surface area contributed by atoms with E-state index in [0.29, 0.717) is 17.8 Å². The third kappa shape index (κ3) is 2.82. The molecule has 0 spiro atoms. The van der Waals surface area contributed by atoms with Crippen molar-refractivity contribution in [3.8, 4) is 0 Å². The highest BCUT2D eigenvalue weighted by Gasteiger charge is 2.13. The maximum atomic E-state index is 5.88. The first-order chi connectivity index (χ1) is 8.58. The maximum absolute atomic E-state index is 5.88. The fourth-order valence-electron chi connectivity index (χ4n) is 1.68. The summed E-state index contributed by atoms with van der Waals surface area (Å²) in [5.74, 6) is 0.837. The fraction of sp³-hybridized carbons (Fsp3) is 0.385. The Morgan fingerprint density at radius 3 is 2.50 bits per heavy atom. The second-order valence-electron chi connectivity index (χ2n) is 4.43. The molecule has 0 aliphatic heterocycles. The summed E-state index contributed by atoms with van der Waals surface area (Å²) < 4.78 is 5.42. The van der Waals surface area contributed by atoms with Crippen LogP contribution >= 0.6 is 11.6 Å². The second-order valence-corrected chi connectivity index (χ2v) is 5.08. The van der Waals surface area contributed by atoms with Crippen LogP contribution in [-0.4, -0.2) is 10.2 Å². The smallest absolute Gasteiger partial charge is 0.320 e. The lowest BCUT2D eigenvalue weighted by Gasteiger charge is -2.11. The van der Waals surface area contributed by atoms with Gasteiger partial charge in [-0.2, -0.15) is 0 Å². The Labute approximate surface area is 111 Å². The summed E-state index contributed by atoms with van der Waals surface area (Å²) in [7, 11) is 0. The number of benzene rings is 1. The summed E-state index contributed by atoms with van der Waals surface area (Å²) in [6, 6.07) is 8.42. The highest BCUT2D eigenvalue weighted by molar-refractivity contribution is 6.20. The largest absolute Gasteiger partial charge is 0.406 e. The molecule has 1 aromatic heterocycles. The quantitative estimate of drug-likeness (QED) is 0.840. The second kappa shape index (κ2) is 5.40. The van der Waals surface area contributed by atoms with E-state index in [9.17, 15) is 0 Å². The van der Waals surface area contributed by atoms with Gasteiger partial charge in [-0.3, -0.25) is 0 Å². The van der Waals surface area contributed by atoms with Crippen molar-refractivity contribution >= 4 is 23.3 Å². The van der Waals surface area contributed by atoms with Crippen LogP contribution in [0.1, 0.15) is 43.5 Å². The number of rotatable bonds is 4. The zero-order valence-corrected chi connectivity index (χ0v) is 11.4. The van der Waals surface area contributed by atoms with Crippen LogP contribution in [0, 0.1) is 0 Å². The molecule has 0 bridgehead atoms. The van der Waals surface area contributed by atoms with Crippen LogP contribution in [0.4, 0.5) is 11.7 Å². The number of hydrogen-bond acceptors (Lipinski definition) is 4. The van der Waals surface area contributed by atoms with Crippen LogP contribution in [0.5, 0.6) is 0 Å². The monoisotopic (exact) mass is 265 g/mol. The minimum Gasteiger partial charge on any atom is -0.406 e. The molecule has 0 radical (unpaired) electrons. The van der Waals surface area contributed by atoms with Crippen molar-refractivity contribution in [1.29, 1.82) is 0 Å². The van der Waals surface area contributed by atoms with Gasteiger partial charge in [0.05, 0.1) is 0 Å². The lowest BCUT2D eigenvalue weighted by Crippen LogP contribution is -1.97. The SMILES string of the molecule is CC(C)c1ccccc1Nc1nnc(C(C)Cl)o1. The Bertz CT molecular complexity index is 522. The first-order valence-corrected chi connectivity index (χ1v) is 6.35. The molecule has 0 saturated carbocycles. The number of nitrogens with zero attached hydrogens (tertiary/aromatic N) is 2. The lowest BCUT2D eigenvalue weighted by molar-refractivity contribution is 0.509. The first kappa shape index (κ1) is 12.9. The van der Waals surface area contributed by atoms with E-state index >= 15 is 0 Å². The minimum absolute atomic E-state index is 0.284. The maximum Gasteiger partial charge on any atom is 0.320 e. The number of anilines is 2. The molecule has 2 rings (SSSR count). The van der Waals surface area contributed by atoms with Gasteiger partial charge in [0.1, 0.15) is 5.38 Å².